The Balaban J connectivity index is 2.62. The molecular weight excluding hydrogens is 211 g/mol. The second-order valence-electron chi connectivity index (χ2n) is 3.09. The predicted molar refractivity (Wildman–Crippen MR) is 46.3 cm³/mol. The van der Waals surface area contributed by atoms with Crippen molar-refractivity contribution in [2.24, 2.45) is 7.05 Å². The number of aromatic nitrogens is 2. The van der Waals surface area contributed by atoms with Gasteiger partial charge in [-0.15, -0.1) is 0 Å². The molecule has 0 aliphatic rings. The molecule has 0 aromatic carbocycles. The first-order valence-electron chi connectivity index (χ1n) is 4.15. The van der Waals surface area contributed by atoms with Gasteiger partial charge in [-0.1, -0.05) is 0 Å². The molecule has 0 bridgehead atoms. The van der Waals surface area contributed by atoms with E-state index in [0.29, 0.717) is 5.69 Å². The molecule has 0 saturated heterocycles. The number of aryl methyl sites for hydroxylation is 2. The van der Waals surface area contributed by atoms with E-state index in [9.17, 15) is 18.0 Å². The summed E-state index contributed by atoms with van der Waals surface area (Å²) in [6, 6.07) is 1.42. The smallest absolute Gasteiger partial charge is 0.342 e. The number of carbonyl (C=O) groups is 1. The summed E-state index contributed by atoms with van der Waals surface area (Å²) >= 11 is 0. The first-order valence-corrected chi connectivity index (χ1v) is 4.15. The van der Waals surface area contributed by atoms with Crippen molar-refractivity contribution in [3.63, 3.8) is 0 Å². The van der Waals surface area contributed by atoms with Crippen molar-refractivity contribution < 1.29 is 18.0 Å². The summed E-state index contributed by atoms with van der Waals surface area (Å²) in [5.74, 6) is -0.823. The Hall–Kier alpha value is -1.53. The average molecular weight is 221 g/mol. The molecular formula is C8H10F3N3O. The van der Waals surface area contributed by atoms with Gasteiger partial charge in [0.2, 0.25) is 0 Å². The minimum atomic E-state index is -4.40. The molecule has 0 aliphatic heterocycles. The van der Waals surface area contributed by atoms with Gasteiger partial charge in [0.15, 0.2) is 0 Å². The van der Waals surface area contributed by atoms with Gasteiger partial charge in [-0.2, -0.15) is 18.3 Å². The zero-order valence-electron chi connectivity index (χ0n) is 8.22. The third-order valence-corrected chi connectivity index (χ3v) is 1.80. The van der Waals surface area contributed by atoms with E-state index in [1.165, 1.54) is 10.7 Å². The molecule has 15 heavy (non-hydrogen) atoms. The van der Waals surface area contributed by atoms with E-state index in [2.05, 4.69) is 5.10 Å². The van der Waals surface area contributed by atoms with E-state index in [-0.39, 0.29) is 5.69 Å². The number of carbonyl (C=O) groups excluding carboxylic acids is 1. The van der Waals surface area contributed by atoms with Crippen LogP contribution >= 0.6 is 0 Å². The van der Waals surface area contributed by atoms with Gasteiger partial charge in [0, 0.05) is 12.7 Å². The molecule has 4 nitrogen and oxygen atoms in total. The van der Waals surface area contributed by atoms with Crippen LogP contribution in [0.1, 0.15) is 16.2 Å². The normalized spacial score (nSPS) is 11.5. The van der Waals surface area contributed by atoms with E-state index >= 15 is 0 Å². The molecule has 0 saturated carbocycles. The quantitative estimate of drug-likeness (QED) is 0.810. The minimum Gasteiger partial charge on any atom is -0.342 e. The van der Waals surface area contributed by atoms with E-state index in [1.54, 1.807) is 19.3 Å². The molecule has 0 atom stereocenters. The maximum absolute atomic E-state index is 11.8. The first-order chi connectivity index (χ1) is 6.79. The van der Waals surface area contributed by atoms with Crippen LogP contribution in [0, 0.1) is 6.92 Å². The lowest BCUT2D eigenvalue weighted by atomic mass is 10.3. The molecule has 0 unspecified atom stereocenters. The summed E-state index contributed by atoms with van der Waals surface area (Å²) in [5, 5.41) is 5.49. The first kappa shape index (κ1) is 11.5. The highest BCUT2D eigenvalue weighted by molar-refractivity contribution is 5.92. The Labute approximate surface area is 84.1 Å². The fourth-order valence-corrected chi connectivity index (χ4v) is 0.943. The predicted octanol–water partition coefficient (Wildman–Crippen LogP) is 1.02. The Morgan fingerprint density at radius 3 is 2.60 bits per heavy atom. The van der Waals surface area contributed by atoms with Crippen LogP contribution in [0.2, 0.25) is 0 Å². The van der Waals surface area contributed by atoms with Crippen LogP contribution in [0.15, 0.2) is 6.07 Å². The van der Waals surface area contributed by atoms with Crippen LogP contribution in [0.5, 0.6) is 0 Å². The second-order valence-corrected chi connectivity index (χ2v) is 3.09. The molecule has 0 spiro atoms. The van der Waals surface area contributed by atoms with Crippen molar-refractivity contribution in [1.82, 2.24) is 15.1 Å². The van der Waals surface area contributed by atoms with Crippen LogP contribution in [-0.2, 0) is 7.05 Å². The van der Waals surface area contributed by atoms with Gasteiger partial charge in [0.25, 0.3) is 5.91 Å². The Kier molecular flexibility index (Phi) is 3.01. The van der Waals surface area contributed by atoms with Gasteiger partial charge in [-0.05, 0) is 13.0 Å². The third-order valence-electron chi connectivity index (χ3n) is 1.80. The number of nitrogens with zero attached hydrogens (tertiary/aromatic N) is 2. The molecule has 1 heterocycles. The van der Waals surface area contributed by atoms with Gasteiger partial charge < -0.3 is 5.32 Å². The highest BCUT2D eigenvalue weighted by Crippen LogP contribution is 2.12. The monoisotopic (exact) mass is 221 g/mol. The highest BCUT2D eigenvalue weighted by atomic mass is 19.4. The topological polar surface area (TPSA) is 46.9 Å². The molecule has 1 amide bonds. The fraction of sp³-hybridized carbons (Fsp3) is 0.500. The Morgan fingerprint density at radius 1 is 1.60 bits per heavy atom. The van der Waals surface area contributed by atoms with Gasteiger partial charge >= 0.3 is 6.18 Å². The summed E-state index contributed by atoms with van der Waals surface area (Å²) in [7, 11) is 1.61. The van der Waals surface area contributed by atoms with Crippen molar-refractivity contribution in [3.8, 4) is 0 Å². The lowest BCUT2D eigenvalue weighted by Gasteiger charge is -2.06. The van der Waals surface area contributed by atoms with Crippen LogP contribution < -0.4 is 5.32 Å². The summed E-state index contributed by atoms with van der Waals surface area (Å²) < 4.78 is 36.7. The van der Waals surface area contributed by atoms with Crippen molar-refractivity contribution in [2.75, 3.05) is 6.54 Å². The third kappa shape index (κ3) is 3.26. The summed E-state index contributed by atoms with van der Waals surface area (Å²) in [5.41, 5.74) is 0.686. The molecule has 1 N–H and O–H groups in total. The van der Waals surface area contributed by atoms with Crippen LogP contribution in [0.3, 0.4) is 0 Å². The molecule has 0 aliphatic carbocycles. The SMILES string of the molecule is Cc1cc(C(=O)NCC(F)(F)F)nn1C. The number of nitrogens with one attached hydrogen (secondary N) is 1. The fourth-order valence-electron chi connectivity index (χ4n) is 0.943. The average Bonchev–Trinajstić information content (AvgIpc) is 2.42. The summed E-state index contributed by atoms with van der Waals surface area (Å²) in [4.78, 5) is 11.2. The summed E-state index contributed by atoms with van der Waals surface area (Å²) in [6.45, 7) is 0.356. The van der Waals surface area contributed by atoms with Crippen molar-refractivity contribution in [1.29, 1.82) is 0 Å². The molecule has 0 fully saturated rings. The summed E-state index contributed by atoms with van der Waals surface area (Å²) in [6.07, 6.45) is -4.40. The van der Waals surface area contributed by atoms with E-state index in [4.69, 9.17) is 0 Å². The van der Waals surface area contributed by atoms with Gasteiger partial charge in [0.1, 0.15) is 12.2 Å². The standard InChI is InChI=1S/C8H10F3N3O/c1-5-3-6(13-14(5)2)7(15)12-4-8(9,10)11/h3H,4H2,1-2H3,(H,12,15). The molecule has 1 aromatic rings. The highest BCUT2D eigenvalue weighted by Gasteiger charge is 2.28. The van der Waals surface area contributed by atoms with Crippen LogP contribution in [0.4, 0.5) is 13.2 Å². The lowest BCUT2D eigenvalue weighted by Crippen LogP contribution is -2.33. The van der Waals surface area contributed by atoms with E-state index < -0.39 is 18.6 Å². The Morgan fingerprint density at radius 2 is 2.20 bits per heavy atom. The lowest BCUT2D eigenvalue weighted by molar-refractivity contribution is -0.123. The zero-order chi connectivity index (χ0) is 11.6. The van der Waals surface area contributed by atoms with E-state index in [0.717, 1.165) is 0 Å². The number of hydrogen-bond acceptors (Lipinski definition) is 2. The van der Waals surface area contributed by atoms with Crippen LogP contribution in [-0.4, -0.2) is 28.4 Å². The van der Waals surface area contributed by atoms with Crippen molar-refractivity contribution in [2.45, 2.75) is 13.1 Å². The Bertz CT molecular complexity index is 350. The van der Waals surface area contributed by atoms with Crippen molar-refractivity contribution >= 4 is 5.91 Å². The van der Waals surface area contributed by atoms with Crippen LogP contribution in [0.25, 0.3) is 0 Å². The maximum Gasteiger partial charge on any atom is 0.405 e. The number of halogens is 3. The number of alkyl halides is 3. The number of amides is 1. The van der Waals surface area contributed by atoms with E-state index in [1.807, 2.05) is 0 Å². The minimum absolute atomic E-state index is 0.0146. The van der Waals surface area contributed by atoms with Gasteiger partial charge in [-0.3, -0.25) is 9.48 Å². The van der Waals surface area contributed by atoms with Gasteiger partial charge in [-0.25, -0.2) is 0 Å². The molecule has 84 valence electrons. The number of hydrogen-bond donors (Lipinski definition) is 1. The molecule has 7 heteroatoms. The second kappa shape index (κ2) is 3.92. The van der Waals surface area contributed by atoms with Gasteiger partial charge in [0.05, 0.1) is 0 Å². The van der Waals surface area contributed by atoms with Crippen molar-refractivity contribution in [3.05, 3.63) is 17.5 Å². The zero-order valence-corrected chi connectivity index (χ0v) is 8.22. The molecule has 0 radical (unpaired) electrons. The molecule has 1 rings (SSSR count). The largest absolute Gasteiger partial charge is 0.405 e. The maximum atomic E-state index is 11.8. The number of rotatable bonds is 2. The molecule has 1 aromatic heterocycles.